The number of ether oxygens (including phenoxy) is 2. The van der Waals surface area contributed by atoms with Gasteiger partial charge in [0.1, 0.15) is 34.7 Å². The Morgan fingerprint density at radius 3 is 2.38 bits per heavy atom. The number of methoxy groups -OCH3 is 1. The largest absolute Gasteiger partial charge is 0.480 e. The zero-order valence-electron chi connectivity index (χ0n) is 26.5. The van der Waals surface area contributed by atoms with E-state index in [0.29, 0.717) is 22.7 Å². The maximum Gasteiger partial charge on any atom is 0.434 e. The van der Waals surface area contributed by atoms with Gasteiger partial charge in [-0.3, -0.25) is 4.79 Å². The summed E-state index contributed by atoms with van der Waals surface area (Å²) >= 11 is 0. The van der Waals surface area contributed by atoms with Crippen LogP contribution < -0.4 is 10.1 Å². The molecule has 1 fully saturated rings. The molecular weight excluding hydrogens is 617 g/mol. The van der Waals surface area contributed by atoms with Crippen molar-refractivity contribution in [2.45, 2.75) is 64.3 Å². The van der Waals surface area contributed by atoms with Gasteiger partial charge in [-0.1, -0.05) is 24.3 Å². The Bertz CT molecular complexity index is 1850. The van der Waals surface area contributed by atoms with Crippen LogP contribution in [0.15, 0.2) is 36.8 Å². The van der Waals surface area contributed by atoms with Crippen molar-refractivity contribution in [3.05, 3.63) is 65.0 Å². The lowest BCUT2D eigenvalue weighted by molar-refractivity contribution is -0.140. The summed E-state index contributed by atoms with van der Waals surface area (Å²) in [6, 6.07) is 6.83. The molecule has 47 heavy (non-hydrogen) atoms. The molecule has 0 spiro atoms. The number of carbonyl (C=O) groups is 2. The second-order valence-corrected chi connectivity index (χ2v) is 12.4. The maximum atomic E-state index is 13.8. The Morgan fingerprint density at radius 2 is 1.77 bits per heavy atom. The van der Waals surface area contributed by atoms with Crippen molar-refractivity contribution in [1.29, 1.82) is 0 Å². The van der Waals surface area contributed by atoms with E-state index in [2.05, 4.69) is 20.3 Å². The summed E-state index contributed by atoms with van der Waals surface area (Å²) < 4.78 is 52.0. The van der Waals surface area contributed by atoms with E-state index in [1.807, 2.05) is 0 Å². The standard InChI is InChI=1S/C32H33F3N8O4/c1-31(2,3)47-30(45)43-13-12-20-22(29(43)44)25(41-26(39-20)23-24(18-10-11-18)37-16-38-28(23)46-5)36-14-17-6-8-19(9-7-17)27-40-21(15-42(27)4)32(33,34)35/h6-9,15-16,18H,10-14H2,1-5H3,(H,36,39,41). The van der Waals surface area contributed by atoms with Gasteiger partial charge < -0.3 is 19.4 Å². The predicted octanol–water partition coefficient (Wildman–Crippen LogP) is 5.78. The van der Waals surface area contributed by atoms with E-state index in [9.17, 15) is 22.8 Å². The van der Waals surface area contributed by atoms with Crippen LogP contribution in [0.4, 0.5) is 23.8 Å². The maximum absolute atomic E-state index is 13.8. The van der Waals surface area contributed by atoms with Crippen molar-refractivity contribution in [2.24, 2.45) is 7.05 Å². The highest BCUT2D eigenvalue weighted by Crippen LogP contribution is 2.45. The second-order valence-electron chi connectivity index (χ2n) is 12.4. The lowest BCUT2D eigenvalue weighted by atomic mass is 10.0. The molecule has 1 aromatic carbocycles. The van der Waals surface area contributed by atoms with Crippen molar-refractivity contribution in [3.63, 3.8) is 0 Å². The smallest absolute Gasteiger partial charge is 0.434 e. The second kappa shape index (κ2) is 11.9. The normalized spacial score (nSPS) is 15.0. The van der Waals surface area contributed by atoms with Gasteiger partial charge in [-0.2, -0.15) is 13.2 Å². The van der Waals surface area contributed by atoms with Crippen molar-refractivity contribution in [3.8, 4) is 28.7 Å². The van der Waals surface area contributed by atoms with Gasteiger partial charge >= 0.3 is 12.3 Å². The Balaban J connectivity index is 1.35. The van der Waals surface area contributed by atoms with Crippen LogP contribution in [0.5, 0.6) is 5.88 Å². The minimum atomic E-state index is -4.55. The topological polar surface area (TPSA) is 137 Å². The molecule has 2 aliphatic rings. The van der Waals surface area contributed by atoms with E-state index in [0.717, 1.165) is 35.2 Å². The molecule has 0 unspecified atom stereocenters. The van der Waals surface area contributed by atoms with E-state index in [1.54, 1.807) is 45.0 Å². The molecule has 4 heterocycles. The number of nitrogens with zero attached hydrogens (tertiary/aromatic N) is 7. The number of carbonyl (C=O) groups excluding carboxylic acids is 2. The van der Waals surface area contributed by atoms with E-state index >= 15 is 0 Å². The number of amides is 2. The Labute approximate surface area is 268 Å². The van der Waals surface area contributed by atoms with Gasteiger partial charge in [0.15, 0.2) is 11.5 Å². The number of hydrogen-bond donors (Lipinski definition) is 1. The molecule has 6 rings (SSSR count). The third-order valence-electron chi connectivity index (χ3n) is 7.69. The number of halogens is 3. The highest BCUT2D eigenvalue weighted by atomic mass is 19.4. The fraction of sp³-hybridized carbons (Fsp3) is 0.406. The first-order valence-corrected chi connectivity index (χ1v) is 15.0. The van der Waals surface area contributed by atoms with Gasteiger partial charge in [0.05, 0.1) is 18.5 Å². The van der Waals surface area contributed by atoms with Gasteiger partial charge in [-0.05, 0) is 39.2 Å². The highest BCUT2D eigenvalue weighted by molar-refractivity contribution is 6.07. The molecule has 0 saturated heterocycles. The average Bonchev–Trinajstić information content (AvgIpc) is 3.78. The van der Waals surface area contributed by atoms with Crippen LogP contribution in [0.1, 0.15) is 72.5 Å². The first kappa shape index (κ1) is 31.9. The molecule has 0 radical (unpaired) electrons. The molecule has 3 aromatic heterocycles. The van der Waals surface area contributed by atoms with Crippen LogP contribution in [0.25, 0.3) is 22.8 Å². The number of benzene rings is 1. The number of rotatable bonds is 7. The third-order valence-corrected chi connectivity index (χ3v) is 7.69. The average molecular weight is 651 g/mol. The molecule has 1 aliphatic heterocycles. The van der Waals surface area contributed by atoms with Crippen LogP contribution in [-0.2, 0) is 30.9 Å². The number of fused-ring (bicyclic) bond motifs is 1. The quantitative estimate of drug-likeness (QED) is 0.262. The minimum Gasteiger partial charge on any atom is -0.480 e. The van der Waals surface area contributed by atoms with Gasteiger partial charge in [0, 0.05) is 44.2 Å². The molecular formula is C32H33F3N8O4. The fourth-order valence-electron chi connectivity index (χ4n) is 5.34. The van der Waals surface area contributed by atoms with E-state index in [1.165, 1.54) is 25.1 Å². The van der Waals surface area contributed by atoms with Crippen molar-refractivity contribution >= 4 is 17.8 Å². The van der Waals surface area contributed by atoms with Crippen LogP contribution in [0, 0.1) is 0 Å². The SMILES string of the molecule is COc1ncnc(C2CC2)c1-c1nc2c(c(NCc3ccc(-c4nc(C(F)(F)F)cn4C)cc3)n1)C(=O)N(C(=O)OC(C)(C)C)CC2. The number of aromatic nitrogens is 6. The van der Waals surface area contributed by atoms with E-state index < -0.39 is 29.5 Å². The summed E-state index contributed by atoms with van der Waals surface area (Å²) in [5.74, 6) is 0.577. The lowest BCUT2D eigenvalue weighted by Crippen LogP contribution is -2.45. The molecule has 0 atom stereocenters. The van der Waals surface area contributed by atoms with Gasteiger partial charge in [0.2, 0.25) is 5.88 Å². The van der Waals surface area contributed by atoms with Gasteiger partial charge in [0.25, 0.3) is 5.91 Å². The van der Waals surface area contributed by atoms with Gasteiger partial charge in [-0.15, -0.1) is 0 Å². The monoisotopic (exact) mass is 650 g/mol. The molecule has 2 amide bonds. The predicted molar refractivity (Wildman–Crippen MR) is 164 cm³/mol. The number of imide groups is 1. The summed E-state index contributed by atoms with van der Waals surface area (Å²) in [5.41, 5.74) is 1.36. The van der Waals surface area contributed by atoms with Crippen molar-refractivity contribution in [2.75, 3.05) is 19.0 Å². The van der Waals surface area contributed by atoms with Crippen molar-refractivity contribution in [1.82, 2.24) is 34.4 Å². The molecule has 4 aromatic rings. The van der Waals surface area contributed by atoms with Crippen LogP contribution in [-0.4, -0.2) is 65.6 Å². The Hall–Kier alpha value is -5.08. The molecule has 0 bridgehead atoms. The first-order chi connectivity index (χ1) is 22.2. The number of hydrogen-bond acceptors (Lipinski definition) is 10. The number of imidazole rings is 1. The summed E-state index contributed by atoms with van der Waals surface area (Å²) in [7, 11) is 3.00. The van der Waals surface area contributed by atoms with E-state index in [4.69, 9.17) is 19.4 Å². The molecule has 12 nitrogen and oxygen atoms in total. The Kier molecular flexibility index (Phi) is 8.10. The fourth-order valence-corrected chi connectivity index (χ4v) is 5.34. The lowest BCUT2D eigenvalue weighted by Gasteiger charge is -2.30. The van der Waals surface area contributed by atoms with Crippen LogP contribution in [0.3, 0.4) is 0 Å². The van der Waals surface area contributed by atoms with Crippen LogP contribution >= 0.6 is 0 Å². The summed E-state index contributed by atoms with van der Waals surface area (Å²) in [4.78, 5) is 49.9. The summed E-state index contributed by atoms with van der Waals surface area (Å²) in [5, 5.41) is 3.23. The Morgan fingerprint density at radius 1 is 1.04 bits per heavy atom. The molecule has 1 saturated carbocycles. The molecule has 1 N–H and O–H groups in total. The first-order valence-electron chi connectivity index (χ1n) is 15.0. The van der Waals surface area contributed by atoms with Crippen molar-refractivity contribution < 1.29 is 32.2 Å². The number of aryl methyl sites for hydroxylation is 1. The zero-order valence-corrected chi connectivity index (χ0v) is 26.5. The molecule has 15 heteroatoms. The zero-order chi connectivity index (χ0) is 33.7. The highest BCUT2D eigenvalue weighted by Gasteiger charge is 2.38. The number of nitrogens with one attached hydrogen (secondary N) is 1. The molecule has 1 aliphatic carbocycles. The summed E-state index contributed by atoms with van der Waals surface area (Å²) in [6.45, 7) is 5.42. The molecule has 246 valence electrons. The van der Waals surface area contributed by atoms with E-state index in [-0.39, 0.29) is 48.5 Å². The van der Waals surface area contributed by atoms with Gasteiger partial charge in [-0.25, -0.2) is 34.6 Å². The van der Waals surface area contributed by atoms with Crippen LogP contribution in [0.2, 0.25) is 0 Å². The third kappa shape index (κ3) is 6.60. The number of anilines is 1. The minimum absolute atomic E-state index is 0.0687. The number of alkyl halides is 3. The summed E-state index contributed by atoms with van der Waals surface area (Å²) in [6.07, 6.45) is -0.764.